The van der Waals surface area contributed by atoms with Crippen LogP contribution in [0.15, 0.2) is 66.0 Å². The SMILES string of the molecule is O=C(COc1ccccc1)N[C@@H]1C(=O)N2C(C(=O)OCc3ccc([N+](=O)[O-])cc3)=C(N3CCCC3)CS[C@H]12. The van der Waals surface area contributed by atoms with Gasteiger partial charge in [-0.1, -0.05) is 18.2 Å². The molecular weight excluding hydrogens is 512 g/mol. The number of carbonyl (C=O) groups is 3. The summed E-state index contributed by atoms with van der Waals surface area (Å²) < 4.78 is 11.0. The summed E-state index contributed by atoms with van der Waals surface area (Å²) in [7, 11) is 0. The van der Waals surface area contributed by atoms with Gasteiger partial charge in [0.1, 0.15) is 23.8 Å². The Morgan fingerprint density at radius 2 is 1.79 bits per heavy atom. The van der Waals surface area contributed by atoms with Gasteiger partial charge in [0.2, 0.25) is 0 Å². The molecule has 2 atom stereocenters. The monoisotopic (exact) mass is 538 g/mol. The van der Waals surface area contributed by atoms with Crippen LogP contribution in [-0.2, 0) is 25.7 Å². The number of esters is 1. The number of rotatable bonds is 9. The quantitative estimate of drug-likeness (QED) is 0.221. The second-order valence-corrected chi connectivity index (χ2v) is 10.2. The molecule has 2 amide bonds. The highest BCUT2D eigenvalue weighted by Crippen LogP contribution is 2.42. The molecule has 3 heterocycles. The predicted octanol–water partition coefficient (Wildman–Crippen LogP) is 2.42. The van der Waals surface area contributed by atoms with Crippen molar-refractivity contribution in [2.45, 2.75) is 30.9 Å². The van der Waals surface area contributed by atoms with E-state index < -0.39 is 28.2 Å². The molecule has 198 valence electrons. The fraction of sp³-hybridized carbons (Fsp3) is 0.346. The summed E-state index contributed by atoms with van der Waals surface area (Å²) in [5.41, 5.74) is 1.49. The van der Waals surface area contributed by atoms with Crippen LogP contribution < -0.4 is 10.1 Å². The molecule has 2 aromatic rings. The zero-order valence-electron chi connectivity index (χ0n) is 20.4. The first kappa shape index (κ1) is 25.6. The van der Waals surface area contributed by atoms with Crippen molar-refractivity contribution in [3.8, 4) is 5.75 Å². The molecule has 2 fully saturated rings. The molecule has 3 aliphatic rings. The number of nitro benzene ring substituents is 1. The van der Waals surface area contributed by atoms with Crippen molar-refractivity contribution in [1.29, 1.82) is 0 Å². The maximum atomic E-state index is 13.3. The lowest BCUT2D eigenvalue weighted by Crippen LogP contribution is -2.71. The van der Waals surface area contributed by atoms with Gasteiger partial charge in [-0.25, -0.2) is 4.79 Å². The van der Waals surface area contributed by atoms with Crippen LogP contribution in [0.2, 0.25) is 0 Å². The molecule has 2 aromatic carbocycles. The van der Waals surface area contributed by atoms with Crippen LogP contribution in [0.5, 0.6) is 5.75 Å². The molecule has 1 N–H and O–H groups in total. The zero-order chi connectivity index (χ0) is 26.6. The third-order valence-electron chi connectivity index (χ3n) is 6.58. The molecule has 0 aromatic heterocycles. The number of likely N-dealkylation sites (tertiary alicyclic amines) is 1. The second-order valence-electron chi connectivity index (χ2n) is 9.05. The van der Waals surface area contributed by atoms with E-state index in [9.17, 15) is 24.5 Å². The third-order valence-corrected chi connectivity index (χ3v) is 7.84. The van der Waals surface area contributed by atoms with Crippen molar-refractivity contribution >= 4 is 35.2 Å². The lowest BCUT2D eigenvalue weighted by atomic mass is 10.0. The number of nitrogens with one attached hydrogen (secondary N) is 1. The standard InChI is InChI=1S/C26H26N4O7S/c31-21(15-36-19-6-2-1-3-7-19)27-22-24(32)29-23(20(16-38-25(22)29)28-12-4-5-13-28)26(33)37-14-17-8-10-18(11-9-17)30(34)35/h1-3,6-11,22,25H,4-5,12-16H2,(H,27,31)/t22-,25-/m1/s1. The number of nitro groups is 1. The van der Waals surface area contributed by atoms with E-state index in [1.165, 1.54) is 40.9 Å². The van der Waals surface area contributed by atoms with Crippen molar-refractivity contribution in [2.24, 2.45) is 0 Å². The highest BCUT2D eigenvalue weighted by atomic mass is 32.2. The Hall–Kier alpha value is -4.06. The Kier molecular flexibility index (Phi) is 7.50. The average molecular weight is 539 g/mol. The molecule has 3 aliphatic heterocycles. The number of fused-ring (bicyclic) bond motifs is 1. The zero-order valence-corrected chi connectivity index (χ0v) is 21.2. The molecule has 0 radical (unpaired) electrons. The average Bonchev–Trinajstić information content (AvgIpc) is 3.48. The van der Waals surface area contributed by atoms with Crippen LogP contribution in [0, 0.1) is 10.1 Å². The number of hydrogen-bond donors (Lipinski definition) is 1. The second kappa shape index (κ2) is 11.1. The fourth-order valence-electron chi connectivity index (χ4n) is 4.63. The van der Waals surface area contributed by atoms with Crippen LogP contribution in [0.25, 0.3) is 0 Å². The molecule has 0 unspecified atom stereocenters. The normalized spacial score (nSPS) is 20.5. The van der Waals surface area contributed by atoms with E-state index in [1.807, 2.05) is 6.07 Å². The number of thioether (sulfide) groups is 1. The van der Waals surface area contributed by atoms with Gasteiger partial charge in [-0.3, -0.25) is 24.6 Å². The number of para-hydroxylation sites is 1. The lowest BCUT2D eigenvalue weighted by molar-refractivity contribution is -0.384. The summed E-state index contributed by atoms with van der Waals surface area (Å²) in [6.07, 6.45) is 1.99. The van der Waals surface area contributed by atoms with Crippen LogP contribution >= 0.6 is 11.8 Å². The number of hydrogen-bond acceptors (Lipinski definition) is 9. The van der Waals surface area contributed by atoms with Crippen molar-refractivity contribution in [3.63, 3.8) is 0 Å². The molecule has 12 heteroatoms. The molecule has 0 bridgehead atoms. The Bertz CT molecular complexity index is 1260. The molecule has 0 spiro atoms. The number of ether oxygens (including phenoxy) is 2. The van der Waals surface area contributed by atoms with Gasteiger partial charge < -0.3 is 19.7 Å². The van der Waals surface area contributed by atoms with Crippen LogP contribution in [0.4, 0.5) is 5.69 Å². The van der Waals surface area contributed by atoms with Crippen molar-refractivity contribution in [2.75, 3.05) is 25.4 Å². The first-order chi connectivity index (χ1) is 18.4. The summed E-state index contributed by atoms with van der Waals surface area (Å²) in [5.74, 6) is -0.393. The highest BCUT2D eigenvalue weighted by molar-refractivity contribution is 8.00. The van der Waals surface area contributed by atoms with E-state index in [1.54, 1.807) is 24.3 Å². The maximum Gasteiger partial charge on any atom is 0.357 e. The van der Waals surface area contributed by atoms with E-state index in [-0.39, 0.29) is 30.5 Å². The van der Waals surface area contributed by atoms with E-state index in [4.69, 9.17) is 9.47 Å². The molecule has 0 saturated carbocycles. The van der Waals surface area contributed by atoms with Gasteiger partial charge in [-0.2, -0.15) is 0 Å². The van der Waals surface area contributed by atoms with Gasteiger partial charge in [0, 0.05) is 31.0 Å². The van der Waals surface area contributed by atoms with E-state index in [0.29, 0.717) is 17.1 Å². The number of β-lactam (4-membered cyclic amide) rings is 1. The largest absolute Gasteiger partial charge is 0.484 e. The number of carbonyl (C=O) groups excluding carboxylic acids is 3. The first-order valence-electron chi connectivity index (χ1n) is 12.2. The minimum atomic E-state index is -0.774. The van der Waals surface area contributed by atoms with E-state index in [2.05, 4.69) is 10.2 Å². The summed E-state index contributed by atoms with van der Waals surface area (Å²) in [5, 5.41) is 13.2. The van der Waals surface area contributed by atoms with Gasteiger partial charge in [0.05, 0.1) is 10.6 Å². The predicted molar refractivity (Wildman–Crippen MR) is 138 cm³/mol. The first-order valence-corrected chi connectivity index (χ1v) is 13.3. The minimum Gasteiger partial charge on any atom is -0.484 e. The van der Waals surface area contributed by atoms with E-state index in [0.717, 1.165) is 31.6 Å². The molecule has 2 saturated heterocycles. The summed E-state index contributed by atoms with van der Waals surface area (Å²) in [6, 6.07) is 13.9. The number of benzene rings is 2. The van der Waals surface area contributed by atoms with Crippen molar-refractivity contribution < 1.29 is 28.8 Å². The van der Waals surface area contributed by atoms with Crippen LogP contribution in [-0.4, -0.2) is 69.4 Å². The van der Waals surface area contributed by atoms with Crippen LogP contribution in [0.1, 0.15) is 18.4 Å². The summed E-state index contributed by atoms with van der Waals surface area (Å²) in [6.45, 7) is 1.26. The minimum absolute atomic E-state index is 0.0558. The Morgan fingerprint density at radius 3 is 2.47 bits per heavy atom. The number of amides is 2. The van der Waals surface area contributed by atoms with Crippen molar-refractivity contribution in [1.82, 2.24) is 15.1 Å². The van der Waals surface area contributed by atoms with Gasteiger partial charge in [-0.05, 0) is 42.7 Å². The summed E-state index contributed by atoms with van der Waals surface area (Å²) in [4.78, 5) is 52.9. The van der Waals surface area contributed by atoms with Gasteiger partial charge in [-0.15, -0.1) is 11.8 Å². The molecule has 38 heavy (non-hydrogen) atoms. The molecular formula is C26H26N4O7S. The lowest BCUT2D eigenvalue weighted by Gasteiger charge is -2.50. The molecule has 0 aliphatic carbocycles. The van der Waals surface area contributed by atoms with Crippen molar-refractivity contribution in [3.05, 3.63) is 81.7 Å². The Morgan fingerprint density at radius 1 is 1.08 bits per heavy atom. The van der Waals surface area contributed by atoms with Gasteiger partial charge in [0.25, 0.3) is 17.5 Å². The third kappa shape index (κ3) is 5.30. The maximum absolute atomic E-state index is 13.3. The van der Waals surface area contributed by atoms with Gasteiger partial charge in [0.15, 0.2) is 12.3 Å². The van der Waals surface area contributed by atoms with Gasteiger partial charge >= 0.3 is 5.97 Å². The highest BCUT2D eigenvalue weighted by Gasteiger charge is 2.55. The van der Waals surface area contributed by atoms with E-state index >= 15 is 0 Å². The smallest absolute Gasteiger partial charge is 0.357 e. The molecule has 11 nitrogen and oxygen atoms in total. The fourth-order valence-corrected chi connectivity index (χ4v) is 6.02. The number of nitrogens with zero attached hydrogens (tertiary/aromatic N) is 3. The molecule has 5 rings (SSSR count). The number of non-ortho nitro benzene ring substituents is 1. The van der Waals surface area contributed by atoms with Crippen LogP contribution in [0.3, 0.4) is 0 Å². The Labute approximate surface area is 222 Å². The topological polar surface area (TPSA) is 131 Å². The summed E-state index contributed by atoms with van der Waals surface area (Å²) >= 11 is 1.49. The Balaban J connectivity index is 1.27.